The number of nitrogens with one attached hydrogen (secondary N) is 2. The predicted octanol–water partition coefficient (Wildman–Crippen LogP) is 3.89. The topological polar surface area (TPSA) is 76.1 Å². The van der Waals surface area contributed by atoms with E-state index in [1.807, 2.05) is 0 Å². The van der Waals surface area contributed by atoms with Gasteiger partial charge in [-0.2, -0.15) is 0 Å². The molecule has 24 heavy (non-hydrogen) atoms. The van der Waals surface area contributed by atoms with Gasteiger partial charge in [-0.1, -0.05) is 59.8 Å². The van der Waals surface area contributed by atoms with Gasteiger partial charge in [0.25, 0.3) is 0 Å². The Morgan fingerprint density at radius 3 is 1.92 bits per heavy atom. The highest BCUT2D eigenvalue weighted by molar-refractivity contribution is 4.89. The second-order valence-corrected chi connectivity index (χ2v) is 7.39. The van der Waals surface area contributed by atoms with Gasteiger partial charge in [0.05, 0.1) is 5.66 Å². The van der Waals surface area contributed by atoms with Gasteiger partial charge in [0.1, 0.15) is 0 Å². The van der Waals surface area contributed by atoms with Crippen LogP contribution in [0, 0.1) is 0 Å². The summed E-state index contributed by atoms with van der Waals surface area (Å²) < 4.78 is 0. The highest BCUT2D eigenvalue weighted by Gasteiger charge is 2.28. The Morgan fingerprint density at radius 1 is 0.750 bits per heavy atom. The highest BCUT2D eigenvalue weighted by Crippen LogP contribution is 2.16. The van der Waals surface area contributed by atoms with E-state index in [2.05, 4.69) is 38.3 Å². The molecular formula is C20H46N4. The first-order valence-corrected chi connectivity index (χ1v) is 10.6. The van der Waals surface area contributed by atoms with Crippen LogP contribution in [-0.4, -0.2) is 30.8 Å². The molecule has 0 spiro atoms. The van der Waals surface area contributed by atoms with Gasteiger partial charge in [-0.25, -0.2) is 0 Å². The minimum absolute atomic E-state index is 0.229. The molecule has 0 saturated carbocycles. The molecule has 2 atom stereocenters. The summed E-state index contributed by atoms with van der Waals surface area (Å²) in [5, 5.41) is 7.14. The van der Waals surface area contributed by atoms with E-state index in [4.69, 9.17) is 11.5 Å². The van der Waals surface area contributed by atoms with Crippen LogP contribution in [0.5, 0.6) is 0 Å². The SMILES string of the molecule is CCCNC(CC)CCCCCCCC(N)(N)C(CC)NCCC. The Balaban J connectivity index is 3.76. The normalized spacial score (nSPS) is 14.8. The number of nitrogens with two attached hydrogens (primary N) is 2. The van der Waals surface area contributed by atoms with Crippen molar-refractivity contribution in [3.05, 3.63) is 0 Å². The largest absolute Gasteiger partial charge is 0.314 e. The van der Waals surface area contributed by atoms with Crippen LogP contribution < -0.4 is 22.1 Å². The number of unbranched alkanes of at least 4 members (excludes halogenated alkanes) is 4. The molecule has 0 fully saturated rings. The van der Waals surface area contributed by atoms with E-state index < -0.39 is 5.66 Å². The predicted molar refractivity (Wildman–Crippen MR) is 108 cm³/mol. The smallest absolute Gasteiger partial charge is 0.0794 e. The van der Waals surface area contributed by atoms with Crippen LogP contribution in [0.25, 0.3) is 0 Å². The second-order valence-electron chi connectivity index (χ2n) is 7.39. The van der Waals surface area contributed by atoms with Gasteiger partial charge in [-0.05, 0) is 51.6 Å². The maximum absolute atomic E-state index is 6.36. The van der Waals surface area contributed by atoms with Crippen molar-refractivity contribution in [3.63, 3.8) is 0 Å². The van der Waals surface area contributed by atoms with Crippen LogP contribution in [0.2, 0.25) is 0 Å². The molecule has 146 valence electrons. The van der Waals surface area contributed by atoms with Crippen molar-refractivity contribution >= 4 is 0 Å². The summed E-state index contributed by atoms with van der Waals surface area (Å²) in [7, 11) is 0. The quantitative estimate of drug-likeness (QED) is 0.239. The van der Waals surface area contributed by atoms with Crippen molar-refractivity contribution in [2.24, 2.45) is 11.5 Å². The van der Waals surface area contributed by atoms with Crippen LogP contribution in [-0.2, 0) is 0 Å². The van der Waals surface area contributed by atoms with Crippen LogP contribution in [0.3, 0.4) is 0 Å². The molecule has 0 rings (SSSR count). The van der Waals surface area contributed by atoms with E-state index in [9.17, 15) is 0 Å². The average molecular weight is 343 g/mol. The van der Waals surface area contributed by atoms with Crippen molar-refractivity contribution in [3.8, 4) is 0 Å². The van der Waals surface area contributed by atoms with E-state index in [1.54, 1.807) is 0 Å². The van der Waals surface area contributed by atoms with Crippen molar-refractivity contribution in [1.82, 2.24) is 10.6 Å². The van der Waals surface area contributed by atoms with Gasteiger partial charge in [0.15, 0.2) is 0 Å². The van der Waals surface area contributed by atoms with Crippen molar-refractivity contribution in [2.45, 2.75) is 116 Å². The minimum Gasteiger partial charge on any atom is -0.314 e. The van der Waals surface area contributed by atoms with Crippen molar-refractivity contribution in [2.75, 3.05) is 13.1 Å². The van der Waals surface area contributed by atoms with E-state index >= 15 is 0 Å². The fourth-order valence-corrected chi connectivity index (χ4v) is 3.36. The Morgan fingerprint density at radius 2 is 1.33 bits per heavy atom. The third-order valence-corrected chi connectivity index (χ3v) is 5.04. The Labute approximate surface area is 151 Å². The third-order valence-electron chi connectivity index (χ3n) is 5.04. The third kappa shape index (κ3) is 11.4. The molecule has 0 bridgehead atoms. The lowest BCUT2D eigenvalue weighted by atomic mass is 9.92. The zero-order valence-corrected chi connectivity index (χ0v) is 17.0. The molecule has 2 unspecified atom stereocenters. The van der Waals surface area contributed by atoms with Gasteiger partial charge >= 0.3 is 0 Å². The summed E-state index contributed by atoms with van der Waals surface area (Å²) in [5.74, 6) is 0. The lowest BCUT2D eigenvalue weighted by molar-refractivity contribution is 0.268. The van der Waals surface area contributed by atoms with Crippen LogP contribution >= 0.6 is 0 Å². The average Bonchev–Trinajstić information content (AvgIpc) is 2.57. The second kappa shape index (κ2) is 15.1. The first kappa shape index (κ1) is 23.8. The summed E-state index contributed by atoms with van der Waals surface area (Å²) in [6, 6.07) is 0.938. The molecule has 0 aliphatic heterocycles. The summed E-state index contributed by atoms with van der Waals surface area (Å²) in [6.07, 6.45) is 13.2. The first-order valence-electron chi connectivity index (χ1n) is 10.6. The fourth-order valence-electron chi connectivity index (χ4n) is 3.36. The first-order chi connectivity index (χ1) is 11.5. The Hall–Kier alpha value is -0.160. The van der Waals surface area contributed by atoms with Crippen molar-refractivity contribution < 1.29 is 0 Å². The maximum atomic E-state index is 6.36. The molecule has 4 nitrogen and oxygen atoms in total. The van der Waals surface area contributed by atoms with E-state index in [0.717, 1.165) is 38.8 Å². The molecule has 6 N–H and O–H groups in total. The lowest BCUT2D eigenvalue weighted by Gasteiger charge is -2.34. The number of rotatable bonds is 17. The van der Waals surface area contributed by atoms with Crippen molar-refractivity contribution in [1.29, 1.82) is 0 Å². The summed E-state index contributed by atoms with van der Waals surface area (Å²) in [4.78, 5) is 0. The van der Waals surface area contributed by atoms with Gasteiger partial charge in [-0.3, -0.25) is 0 Å². The molecule has 0 amide bonds. The van der Waals surface area contributed by atoms with Crippen LogP contribution in [0.15, 0.2) is 0 Å². The van der Waals surface area contributed by atoms with Gasteiger partial charge < -0.3 is 22.1 Å². The monoisotopic (exact) mass is 342 g/mol. The standard InChI is InChI=1S/C20H46N4/c1-5-16-23-18(7-3)14-12-10-9-11-13-15-20(21,22)19(8-4)24-17-6-2/h18-19,23-24H,5-17,21-22H2,1-4H3. The molecule has 0 saturated heterocycles. The molecule has 0 radical (unpaired) electrons. The number of hydrogen-bond donors (Lipinski definition) is 4. The molecule has 0 aromatic carbocycles. The summed E-state index contributed by atoms with van der Waals surface area (Å²) in [6.45, 7) is 11.0. The van der Waals surface area contributed by atoms with Gasteiger partial charge in [-0.15, -0.1) is 0 Å². The molecule has 0 aliphatic rings. The molecule has 0 aromatic rings. The van der Waals surface area contributed by atoms with Gasteiger partial charge in [0.2, 0.25) is 0 Å². The maximum Gasteiger partial charge on any atom is 0.0794 e. The zero-order chi connectivity index (χ0) is 18.3. The molecule has 0 aliphatic carbocycles. The van der Waals surface area contributed by atoms with Crippen LogP contribution in [0.1, 0.15) is 98.3 Å². The minimum atomic E-state index is -0.568. The molecular weight excluding hydrogens is 296 g/mol. The Bertz CT molecular complexity index is 268. The van der Waals surface area contributed by atoms with E-state index in [1.165, 1.54) is 44.9 Å². The number of hydrogen-bond acceptors (Lipinski definition) is 4. The van der Waals surface area contributed by atoms with E-state index in [0.29, 0.717) is 6.04 Å². The molecule has 4 heteroatoms. The fraction of sp³-hybridized carbons (Fsp3) is 1.00. The van der Waals surface area contributed by atoms with Crippen LogP contribution in [0.4, 0.5) is 0 Å². The molecule has 0 aromatic heterocycles. The zero-order valence-electron chi connectivity index (χ0n) is 17.0. The van der Waals surface area contributed by atoms with E-state index in [-0.39, 0.29) is 6.04 Å². The Kier molecular flexibility index (Phi) is 15.0. The van der Waals surface area contributed by atoms with Gasteiger partial charge in [0, 0.05) is 12.1 Å². The highest BCUT2D eigenvalue weighted by atomic mass is 15.1. The lowest BCUT2D eigenvalue weighted by Crippen LogP contribution is -2.63. The molecule has 0 heterocycles. The summed E-state index contributed by atoms with van der Waals surface area (Å²) in [5.41, 5.74) is 12.2. The summed E-state index contributed by atoms with van der Waals surface area (Å²) >= 11 is 0.